The molecule has 80 valence electrons. The van der Waals surface area contributed by atoms with Crippen LogP contribution in [-0.2, 0) is 6.42 Å². The first-order valence-electron chi connectivity index (χ1n) is 5.69. The molecule has 0 heterocycles. The standard InChI is InChI=1S/C15H20/c1-3-8-14(9-4-2)12-13-15-10-6-5-7-11-15/h3,5-7,10-12H,1,4,8-9,13H2,2H3. The van der Waals surface area contributed by atoms with Crippen molar-refractivity contribution in [2.45, 2.75) is 32.6 Å². The van der Waals surface area contributed by atoms with Gasteiger partial charge in [0.05, 0.1) is 0 Å². The van der Waals surface area contributed by atoms with Crippen molar-refractivity contribution in [3.63, 3.8) is 0 Å². The first-order chi connectivity index (χ1) is 7.36. The predicted molar refractivity (Wildman–Crippen MR) is 68.0 cm³/mol. The maximum absolute atomic E-state index is 3.80. The molecule has 0 unspecified atom stereocenters. The highest BCUT2D eigenvalue weighted by Gasteiger charge is 1.94. The van der Waals surface area contributed by atoms with Gasteiger partial charge in [-0.25, -0.2) is 0 Å². The largest absolute Gasteiger partial charge is 0.103 e. The number of allylic oxidation sites excluding steroid dienone is 3. The second-order valence-electron chi connectivity index (χ2n) is 3.79. The molecule has 1 rings (SSSR count). The Morgan fingerprint density at radius 1 is 1.27 bits per heavy atom. The van der Waals surface area contributed by atoms with Crippen LogP contribution >= 0.6 is 0 Å². The fourth-order valence-electron chi connectivity index (χ4n) is 1.67. The van der Waals surface area contributed by atoms with Gasteiger partial charge in [-0.15, -0.1) is 6.58 Å². The molecule has 0 N–H and O–H groups in total. The Balaban J connectivity index is 2.56. The summed E-state index contributed by atoms with van der Waals surface area (Å²) in [7, 11) is 0. The molecular weight excluding hydrogens is 180 g/mol. The van der Waals surface area contributed by atoms with Crippen molar-refractivity contribution in [2.24, 2.45) is 0 Å². The van der Waals surface area contributed by atoms with E-state index in [1.54, 1.807) is 0 Å². The first-order valence-corrected chi connectivity index (χ1v) is 5.69. The molecule has 0 radical (unpaired) electrons. The molecule has 0 aliphatic carbocycles. The SMILES string of the molecule is C=CCC(=CCc1ccccc1)CCC. The number of hydrogen-bond donors (Lipinski definition) is 0. The molecule has 1 aromatic rings. The van der Waals surface area contributed by atoms with Gasteiger partial charge in [0.2, 0.25) is 0 Å². The smallest absolute Gasteiger partial charge is 0.00947 e. The van der Waals surface area contributed by atoms with E-state index in [1.807, 2.05) is 6.08 Å². The molecule has 0 bridgehead atoms. The minimum atomic E-state index is 1.03. The zero-order valence-electron chi connectivity index (χ0n) is 9.58. The zero-order chi connectivity index (χ0) is 10.9. The van der Waals surface area contributed by atoms with Gasteiger partial charge in [0.1, 0.15) is 0 Å². The highest BCUT2D eigenvalue weighted by Crippen LogP contribution is 2.12. The maximum atomic E-state index is 3.80. The molecule has 15 heavy (non-hydrogen) atoms. The Morgan fingerprint density at radius 3 is 2.60 bits per heavy atom. The number of benzene rings is 1. The molecule has 0 aliphatic rings. The predicted octanol–water partition coefficient (Wildman–Crippen LogP) is 4.53. The Morgan fingerprint density at radius 2 is 2.00 bits per heavy atom. The van der Waals surface area contributed by atoms with E-state index in [-0.39, 0.29) is 0 Å². The molecule has 0 saturated heterocycles. The van der Waals surface area contributed by atoms with Gasteiger partial charge in [0, 0.05) is 0 Å². The first kappa shape index (κ1) is 11.8. The van der Waals surface area contributed by atoms with Crippen LogP contribution in [0.3, 0.4) is 0 Å². The van der Waals surface area contributed by atoms with Gasteiger partial charge < -0.3 is 0 Å². The summed E-state index contributed by atoms with van der Waals surface area (Å²) < 4.78 is 0. The molecule has 0 spiro atoms. The molecule has 0 heteroatoms. The number of hydrogen-bond acceptors (Lipinski definition) is 0. The maximum Gasteiger partial charge on any atom is -0.00947 e. The normalized spacial score (nSPS) is 11.4. The third-order valence-corrected chi connectivity index (χ3v) is 2.45. The lowest BCUT2D eigenvalue weighted by atomic mass is 10.0. The summed E-state index contributed by atoms with van der Waals surface area (Å²) in [5.41, 5.74) is 2.89. The molecule has 0 fully saturated rings. The van der Waals surface area contributed by atoms with Gasteiger partial charge in [-0.2, -0.15) is 0 Å². The van der Waals surface area contributed by atoms with Crippen molar-refractivity contribution < 1.29 is 0 Å². The highest BCUT2D eigenvalue weighted by molar-refractivity contribution is 5.19. The second kappa shape index (κ2) is 7.05. The van der Waals surface area contributed by atoms with Gasteiger partial charge in [-0.05, 0) is 24.8 Å². The van der Waals surface area contributed by atoms with E-state index in [9.17, 15) is 0 Å². The van der Waals surface area contributed by atoms with Gasteiger partial charge in [-0.1, -0.05) is 61.4 Å². The summed E-state index contributed by atoms with van der Waals surface area (Å²) in [6.45, 7) is 6.02. The van der Waals surface area contributed by atoms with Crippen molar-refractivity contribution >= 4 is 0 Å². The highest BCUT2D eigenvalue weighted by atomic mass is 14.0. The third kappa shape index (κ3) is 4.64. The molecule has 1 aromatic carbocycles. The van der Waals surface area contributed by atoms with Gasteiger partial charge in [-0.3, -0.25) is 0 Å². The fraction of sp³-hybridized carbons (Fsp3) is 0.333. The minimum Gasteiger partial charge on any atom is -0.103 e. The van der Waals surface area contributed by atoms with E-state index in [0.717, 1.165) is 12.8 Å². The molecule has 0 amide bonds. The number of rotatable bonds is 6. The summed E-state index contributed by atoms with van der Waals surface area (Å²) >= 11 is 0. The Hall–Kier alpha value is -1.30. The Kier molecular flexibility index (Phi) is 5.54. The van der Waals surface area contributed by atoms with E-state index in [0.29, 0.717) is 0 Å². The monoisotopic (exact) mass is 200 g/mol. The lowest BCUT2D eigenvalue weighted by Crippen LogP contribution is -1.85. The summed E-state index contributed by atoms with van der Waals surface area (Å²) in [5, 5.41) is 0. The summed E-state index contributed by atoms with van der Waals surface area (Å²) in [6.07, 6.45) is 8.82. The van der Waals surface area contributed by atoms with E-state index < -0.39 is 0 Å². The van der Waals surface area contributed by atoms with Gasteiger partial charge >= 0.3 is 0 Å². The van der Waals surface area contributed by atoms with E-state index >= 15 is 0 Å². The van der Waals surface area contributed by atoms with E-state index in [4.69, 9.17) is 0 Å². The van der Waals surface area contributed by atoms with Gasteiger partial charge in [0.25, 0.3) is 0 Å². The van der Waals surface area contributed by atoms with Gasteiger partial charge in [0.15, 0.2) is 0 Å². The molecule has 0 saturated carbocycles. The molecule has 0 nitrogen and oxygen atoms in total. The summed E-state index contributed by atoms with van der Waals surface area (Å²) in [5.74, 6) is 0. The van der Waals surface area contributed by atoms with Crippen LogP contribution in [-0.4, -0.2) is 0 Å². The van der Waals surface area contributed by atoms with Crippen LogP contribution in [0.2, 0.25) is 0 Å². The zero-order valence-corrected chi connectivity index (χ0v) is 9.58. The topological polar surface area (TPSA) is 0 Å². The summed E-state index contributed by atoms with van der Waals surface area (Å²) in [4.78, 5) is 0. The van der Waals surface area contributed by atoms with Crippen LogP contribution in [0.15, 0.2) is 54.6 Å². The Labute approximate surface area is 93.3 Å². The fourth-order valence-corrected chi connectivity index (χ4v) is 1.67. The molecular formula is C15H20. The van der Waals surface area contributed by atoms with Crippen LogP contribution < -0.4 is 0 Å². The van der Waals surface area contributed by atoms with Crippen LogP contribution in [0.4, 0.5) is 0 Å². The average Bonchev–Trinajstić information content (AvgIpc) is 2.28. The van der Waals surface area contributed by atoms with Crippen molar-refractivity contribution in [3.8, 4) is 0 Å². The lowest BCUT2D eigenvalue weighted by Gasteiger charge is -2.03. The van der Waals surface area contributed by atoms with E-state index in [2.05, 4.69) is 49.9 Å². The summed E-state index contributed by atoms with van der Waals surface area (Å²) in [6, 6.07) is 10.6. The Bertz CT molecular complexity index is 306. The van der Waals surface area contributed by atoms with E-state index in [1.165, 1.54) is 24.0 Å². The molecule has 0 aliphatic heterocycles. The minimum absolute atomic E-state index is 1.03. The molecule has 0 aromatic heterocycles. The van der Waals surface area contributed by atoms with Crippen molar-refractivity contribution in [3.05, 3.63) is 60.2 Å². The quantitative estimate of drug-likeness (QED) is 0.592. The van der Waals surface area contributed by atoms with Crippen molar-refractivity contribution in [1.82, 2.24) is 0 Å². The third-order valence-electron chi connectivity index (χ3n) is 2.45. The average molecular weight is 200 g/mol. The van der Waals surface area contributed by atoms with Crippen molar-refractivity contribution in [1.29, 1.82) is 0 Å². The lowest BCUT2D eigenvalue weighted by molar-refractivity contribution is 0.872. The van der Waals surface area contributed by atoms with Crippen LogP contribution in [0, 0.1) is 0 Å². The van der Waals surface area contributed by atoms with Crippen molar-refractivity contribution in [2.75, 3.05) is 0 Å². The second-order valence-corrected chi connectivity index (χ2v) is 3.79. The molecule has 0 atom stereocenters. The van der Waals surface area contributed by atoms with Crippen LogP contribution in [0.25, 0.3) is 0 Å². The van der Waals surface area contributed by atoms with Crippen LogP contribution in [0.5, 0.6) is 0 Å². The van der Waals surface area contributed by atoms with Crippen LogP contribution in [0.1, 0.15) is 31.7 Å².